The van der Waals surface area contributed by atoms with Gasteiger partial charge < -0.3 is 10.8 Å². The fourth-order valence-corrected chi connectivity index (χ4v) is 4.12. The molecule has 0 heterocycles. The number of hydrogen-bond acceptors (Lipinski definition) is 4. The maximum atomic E-state index is 12.7. The molecule has 0 bridgehead atoms. The van der Waals surface area contributed by atoms with Crippen molar-refractivity contribution in [2.75, 3.05) is 25.4 Å². The summed E-state index contributed by atoms with van der Waals surface area (Å²) < 4.78 is 26.7. The highest BCUT2D eigenvalue weighted by Gasteiger charge is 2.27. The van der Waals surface area contributed by atoms with Crippen molar-refractivity contribution < 1.29 is 13.5 Å². The number of rotatable bonds is 6. The number of aliphatic hydroxyl groups excluding tert-OH is 1. The molecule has 0 atom stereocenters. The van der Waals surface area contributed by atoms with E-state index in [0.29, 0.717) is 16.8 Å². The van der Waals surface area contributed by atoms with Gasteiger partial charge in [-0.3, -0.25) is 0 Å². The summed E-state index contributed by atoms with van der Waals surface area (Å²) in [5.74, 6) is 0. The number of nitrogen functional groups attached to an aromatic ring is 1. The standard InChI is InChI=1S/C14H22N2O3S/c1-5-6-16(7-8-17)20(18,19)14-11(3)9-10(2)13(15)12(14)4/h5,9,17H,1,6-8,15H2,2-4H3. The molecule has 0 unspecified atom stereocenters. The second kappa shape index (κ2) is 6.39. The first-order valence-corrected chi connectivity index (χ1v) is 7.79. The van der Waals surface area contributed by atoms with E-state index in [1.54, 1.807) is 19.9 Å². The molecule has 0 radical (unpaired) electrons. The Balaban J connectivity index is 3.49. The van der Waals surface area contributed by atoms with Crippen molar-refractivity contribution in [3.05, 3.63) is 35.4 Å². The molecule has 0 aliphatic heterocycles. The van der Waals surface area contributed by atoms with Crippen molar-refractivity contribution in [1.82, 2.24) is 4.31 Å². The molecule has 0 aromatic heterocycles. The Morgan fingerprint density at radius 1 is 1.35 bits per heavy atom. The summed E-state index contributed by atoms with van der Waals surface area (Å²) in [6, 6.07) is 1.76. The Hall–Kier alpha value is -1.37. The molecule has 0 aliphatic rings. The Morgan fingerprint density at radius 2 is 1.95 bits per heavy atom. The number of hydrogen-bond donors (Lipinski definition) is 2. The smallest absolute Gasteiger partial charge is 0.244 e. The number of nitrogens with two attached hydrogens (primary N) is 1. The number of benzene rings is 1. The molecular formula is C14H22N2O3S. The highest BCUT2D eigenvalue weighted by Crippen LogP contribution is 2.30. The normalized spacial score (nSPS) is 11.8. The van der Waals surface area contributed by atoms with Gasteiger partial charge in [-0.05, 0) is 37.5 Å². The zero-order chi connectivity index (χ0) is 15.5. The van der Waals surface area contributed by atoms with Crippen LogP contribution in [0.1, 0.15) is 16.7 Å². The molecule has 112 valence electrons. The van der Waals surface area contributed by atoms with Gasteiger partial charge in [-0.1, -0.05) is 12.1 Å². The minimum Gasteiger partial charge on any atom is -0.398 e. The second-order valence-corrected chi connectivity index (χ2v) is 6.63. The van der Waals surface area contributed by atoms with E-state index in [2.05, 4.69) is 6.58 Å². The topological polar surface area (TPSA) is 83.6 Å². The lowest BCUT2D eigenvalue weighted by molar-refractivity contribution is 0.260. The van der Waals surface area contributed by atoms with E-state index in [1.165, 1.54) is 10.4 Å². The molecule has 1 rings (SSSR count). The van der Waals surface area contributed by atoms with Crippen LogP contribution >= 0.6 is 0 Å². The molecule has 6 heteroatoms. The fraction of sp³-hybridized carbons (Fsp3) is 0.429. The predicted octanol–water partition coefficient (Wildman–Crippen LogP) is 1.36. The third-order valence-electron chi connectivity index (χ3n) is 3.24. The van der Waals surface area contributed by atoms with Gasteiger partial charge in [-0.15, -0.1) is 6.58 Å². The number of nitrogens with zero attached hydrogens (tertiary/aromatic N) is 1. The molecule has 5 nitrogen and oxygen atoms in total. The minimum absolute atomic E-state index is 0.0288. The first-order valence-electron chi connectivity index (χ1n) is 6.35. The molecule has 20 heavy (non-hydrogen) atoms. The maximum Gasteiger partial charge on any atom is 0.244 e. The van der Waals surface area contributed by atoms with Crippen molar-refractivity contribution in [3.63, 3.8) is 0 Å². The summed E-state index contributed by atoms with van der Waals surface area (Å²) in [5, 5.41) is 9.05. The molecule has 1 aromatic rings. The molecule has 0 amide bonds. The average Bonchev–Trinajstić information content (AvgIpc) is 2.35. The third-order valence-corrected chi connectivity index (χ3v) is 5.40. The Morgan fingerprint density at radius 3 is 2.45 bits per heavy atom. The van der Waals surface area contributed by atoms with Gasteiger partial charge in [0.1, 0.15) is 0 Å². The maximum absolute atomic E-state index is 12.7. The van der Waals surface area contributed by atoms with E-state index in [4.69, 9.17) is 10.8 Å². The van der Waals surface area contributed by atoms with Gasteiger partial charge in [0.15, 0.2) is 0 Å². The van der Waals surface area contributed by atoms with E-state index in [9.17, 15) is 8.42 Å². The molecule has 0 saturated heterocycles. The van der Waals surface area contributed by atoms with E-state index >= 15 is 0 Å². The van der Waals surface area contributed by atoms with Crippen LogP contribution in [0.25, 0.3) is 0 Å². The van der Waals surface area contributed by atoms with Crippen molar-refractivity contribution >= 4 is 15.7 Å². The third kappa shape index (κ3) is 3.03. The van der Waals surface area contributed by atoms with Crippen LogP contribution in [0.5, 0.6) is 0 Å². The van der Waals surface area contributed by atoms with Crippen LogP contribution in [-0.4, -0.2) is 37.5 Å². The van der Waals surface area contributed by atoms with Crippen molar-refractivity contribution in [2.24, 2.45) is 0 Å². The first-order chi connectivity index (χ1) is 9.27. The Labute approximate surface area is 120 Å². The van der Waals surface area contributed by atoms with Crippen molar-refractivity contribution in [3.8, 4) is 0 Å². The van der Waals surface area contributed by atoms with Crippen LogP contribution < -0.4 is 5.73 Å². The van der Waals surface area contributed by atoms with Gasteiger partial charge in [0.2, 0.25) is 10.0 Å². The SMILES string of the molecule is C=CCN(CCO)S(=O)(=O)c1c(C)cc(C)c(N)c1C. The second-order valence-electron chi connectivity index (χ2n) is 4.75. The van der Waals surface area contributed by atoms with E-state index in [0.717, 1.165) is 5.56 Å². The lowest BCUT2D eigenvalue weighted by Gasteiger charge is -2.23. The number of anilines is 1. The number of sulfonamides is 1. The summed E-state index contributed by atoms with van der Waals surface area (Å²) >= 11 is 0. The summed E-state index contributed by atoms with van der Waals surface area (Å²) in [7, 11) is -3.70. The largest absolute Gasteiger partial charge is 0.398 e. The van der Waals surface area contributed by atoms with Crippen LogP contribution in [0.15, 0.2) is 23.6 Å². The van der Waals surface area contributed by atoms with Gasteiger partial charge in [-0.25, -0.2) is 8.42 Å². The first kappa shape index (κ1) is 16.7. The van der Waals surface area contributed by atoms with Crippen LogP contribution in [0, 0.1) is 20.8 Å². The molecule has 0 aliphatic carbocycles. The highest BCUT2D eigenvalue weighted by atomic mass is 32.2. The lowest BCUT2D eigenvalue weighted by Crippen LogP contribution is -2.34. The zero-order valence-electron chi connectivity index (χ0n) is 12.2. The lowest BCUT2D eigenvalue weighted by atomic mass is 10.1. The summed E-state index contributed by atoms with van der Waals surface area (Å²) in [4.78, 5) is 0.218. The highest BCUT2D eigenvalue weighted by molar-refractivity contribution is 7.89. The average molecular weight is 298 g/mol. The molecule has 1 aromatic carbocycles. The predicted molar refractivity (Wildman–Crippen MR) is 81.1 cm³/mol. The van der Waals surface area contributed by atoms with Crippen LogP contribution in [0.4, 0.5) is 5.69 Å². The Bertz CT molecular complexity index is 609. The summed E-state index contributed by atoms with van der Waals surface area (Å²) in [6.07, 6.45) is 1.50. The Kier molecular flexibility index (Phi) is 5.33. The van der Waals surface area contributed by atoms with Crippen molar-refractivity contribution in [2.45, 2.75) is 25.7 Å². The van der Waals surface area contributed by atoms with Crippen LogP contribution in [0.2, 0.25) is 0 Å². The molecule has 0 fully saturated rings. The monoisotopic (exact) mass is 298 g/mol. The van der Waals surface area contributed by atoms with Crippen LogP contribution in [-0.2, 0) is 10.0 Å². The number of aryl methyl sites for hydroxylation is 2. The summed E-state index contributed by atoms with van der Waals surface area (Å²) in [5.41, 5.74) is 8.49. The van der Waals surface area contributed by atoms with Gasteiger partial charge in [0, 0.05) is 18.8 Å². The quantitative estimate of drug-likeness (QED) is 0.613. The van der Waals surface area contributed by atoms with E-state index < -0.39 is 10.0 Å². The van der Waals surface area contributed by atoms with Gasteiger partial charge >= 0.3 is 0 Å². The minimum atomic E-state index is -3.70. The molecule has 0 spiro atoms. The number of aliphatic hydroxyl groups is 1. The van der Waals surface area contributed by atoms with Gasteiger partial charge in [-0.2, -0.15) is 4.31 Å². The molecular weight excluding hydrogens is 276 g/mol. The molecule has 3 N–H and O–H groups in total. The van der Waals surface area contributed by atoms with Crippen LogP contribution in [0.3, 0.4) is 0 Å². The van der Waals surface area contributed by atoms with Gasteiger partial charge in [0.05, 0.1) is 11.5 Å². The fourth-order valence-electron chi connectivity index (χ4n) is 2.27. The van der Waals surface area contributed by atoms with Crippen molar-refractivity contribution in [1.29, 1.82) is 0 Å². The molecule has 0 saturated carbocycles. The van der Waals surface area contributed by atoms with E-state index in [1.807, 2.05) is 6.92 Å². The van der Waals surface area contributed by atoms with E-state index in [-0.39, 0.29) is 24.6 Å². The van der Waals surface area contributed by atoms with Gasteiger partial charge in [0.25, 0.3) is 0 Å². The zero-order valence-corrected chi connectivity index (χ0v) is 13.0. The summed E-state index contributed by atoms with van der Waals surface area (Å²) in [6.45, 7) is 8.78.